The van der Waals surface area contributed by atoms with Crippen LogP contribution in [0.3, 0.4) is 0 Å². The molecule has 0 saturated carbocycles. The third-order valence-corrected chi connectivity index (χ3v) is 1.05. The van der Waals surface area contributed by atoms with E-state index in [0.717, 1.165) is 0 Å². The second-order valence-corrected chi connectivity index (χ2v) is 2.05. The topological polar surface area (TPSA) is 39.8 Å². The van der Waals surface area contributed by atoms with E-state index in [0.29, 0.717) is 9.33 Å². The number of rotatable bonds is 0. The van der Waals surface area contributed by atoms with E-state index in [4.69, 9.17) is 0 Å². The maximum atomic E-state index is 10.3. The average Bonchev–Trinajstić information content (AvgIpc) is 1.64. The summed E-state index contributed by atoms with van der Waals surface area (Å²) in [6.07, 6.45) is 4.09. The van der Waals surface area contributed by atoms with Gasteiger partial charge in [-0.1, -0.05) is 0 Å². The van der Waals surface area contributed by atoms with Crippen LogP contribution in [0.25, 0.3) is 0 Å². The zero-order valence-electron chi connectivity index (χ0n) is 3.91. The van der Waals surface area contributed by atoms with Gasteiger partial charge in [-0.2, -0.15) is 4.73 Å². The van der Waals surface area contributed by atoms with E-state index in [2.05, 4.69) is 20.9 Å². The average molecular weight is 175 g/mol. The molecule has 0 atom stereocenters. The van der Waals surface area contributed by atoms with Gasteiger partial charge in [0.15, 0.2) is 10.8 Å². The zero-order valence-corrected chi connectivity index (χ0v) is 5.50. The Morgan fingerprint density at radius 3 is 2.88 bits per heavy atom. The van der Waals surface area contributed by atoms with Gasteiger partial charge < -0.3 is 5.21 Å². The van der Waals surface area contributed by atoms with Crippen LogP contribution in [-0.4, -0.2) is 4.98 Å². The van der Waals surface area contributed by atoms with Crippen LogP contribution in [0.4, 0.5) is 0 Å². The van der Waals surface area contributed by atoms with E-state index in [1.165, 1.54) is 18.6 Å². The fraction of sp³-hybridized carbons (Fsp3) is 0. The van der Waals surface area contributed by atoms with Crippen molar-refractivity contribution in [2.75, 3.05) is 0 Å². The van der Waals surface area contributed by atoms with E-state index in [1.807, 2.05) is 0 Å². The molecule has 0 bridgehead atoms. The van der Waals surface area contributed by atoms with Crippen molar-refractivity contribution >= 4 is 15.9 Å². The minimum Gasteiger partial charge on any atom is -0.619 e. The Hall–Kier alpha value is -0.640. The molecule has 0 aliphatic carbocycles. The maximum Gasteiger partial charge on any atom is 0.213 e. The number of aromatic nitrogens is 2. The van der Waals surface area contributed by atoms with Gasteiger partial charge in [0.2, 0.25) is 6.20 Å². The zero-order chi connectivity index (χ0) is 5.98. The Kier molecular flexibility index (Phi) is 1.43. The second kappa shape index (κ2) is 2.09. The highest BCUT2D eigenvalue weighted by atomic mass is 79.9. The largest absolute Gasteiger partial charge is 0.619 e. The Bertz CT molecular complexity index is 174. The molecular weight excluding hydrogens is 172 g/mol. The lowest BCUT2D eigenvalue weighted by atomic mass is 10.8. The maximum absolute atomic E-state index is 10.3. The molecule has 0 amide bonds. The van der Waals surface area contributed by atoms with Crippen LogP contribution < -0.4 is 4.73 Å². The van der Waals surface area contributed by atoms with Gasteiger partial charge in [-0.3, -0.25) is 0 Å². The van der Waals surface area contributed by atoms with Crippen LogP contribution in [-0.2, 0) is 0 Å². The summed E-state index contributed by atoms with van der Waals surface area (Å²) in [5.41, 5.74) is 0. The Morgan fingerprint density at radius 2 is 2.50 bits per heavy atom. The predicted octanol–water partition coefficient (Wildman–Crippen LogP) is 0.478. The Balaban J connectivity index is 3.08. The lowest BCUT2D eigenvalue weighted by molar-refractivity contribution is -0.606. The van der Waals surface area contributed by atoms with Gasteiger partial charge in [-0.25, -0.2) is 4.98 Å². The molecule has 1 aromatic rings. The molecule has 1 heterocycles. The van der Waals surface area contributed by atoms with Gasteiger partial charge in [0, 0.05) is 0 Å². The quantitative estimate of drug-likeness (QED) is 0.424. The molecule has 0 fully saturated rings. The van der Waals surface area contributed by atoms with Gasteiger partial charge in [0.05, 0.1) is 6.20 Å². The Labute approximate surface area is 54.7 Å². The van der Waals surface area contributed by atoms with Gasteiger partial charge in [0.1, 0.15) is 0 Å². The summed E-state index contributed by atoms with van der Waals surface area (Å²) in [5, 5.41) is 10.3. The molecule has 1 rings (SSSR count). The fourth-order valence-electron chi connectivity index (χ4n) is 0.352. The molecule has 0 aliphatic rings. The van der Waals surface area contributed by atoms with Gasteiger partial charge in [0.25, 0.3) is 0 Å². The van der Waals surface area contributed by atoms with E-state index >= 15 is 0 Å². The van der Waals surface area contributed by atoms with E-state index in [1.54, 1.807) is 0 Å². The standard InChI is InChI=1S/C4H3BrN2O/c5-4-3-7(8)2-1-6-4/h1-3H. The highest BCUT2D eigenvalue weighted by molar-refractivity contribution is 9.10. The van der Waals surface area contributed by atoms with E-state index in [9.17, 15) is 5.21 Å². The predicted molar refractivity (Wildman–Crippen MR) is 30.9 cm³/mol. The third kappa shape index (κ3) is 1.16. The molecule has 42 valence electrons. The molecule has 0 N–H and O–H groups in total. The van der Waals surface area contributed by atoms with Crippen LogP contribution in [0.5, 0.6) is 0 Å². The summed E-state index contributed by atoms with van der Waals surface area (Å²) in [6.45, 7) is 0. The number of hydrogen-bond donors (Lipinski definition) is 0. The van der Waals surface area contributed by atoms with Crippen LogP contribution in [0, 0.1) is 5.21 Å². The smallest absolute Gasteiger partial charge is 0.213 e. The molecular formula is C4H3BrN2O. The molecule has 1 aromatic heterocycles. The van der Waals surface area contributed by atoms with Crippen molar-refractivity contribution in [1.82, 2.24) is 4.98 Å². The SMILES string of the molecule is [O-][n+]1ccnc(Br)c1. The lowest BCUT2D eigenvalue weighted by Crippen LogP contribution is -2.24. The summed E-state index contributed by atoms with van der Waals surface area (Å²) in [5.74, 6) is 0. The summed E-state index contributed by atoms with van der Waals surface area (Å²) >= 11 is 3.03. The third-order valence-electron chi connectivity index (χ3n) is 0.645. The monoisotopic (exact) mass is 174 g/mol. The fourth-order valence-corrected chi connectivity index (χ4v) is 0.672. The molecule has 4 heteroatoms. The van der Waals surface area contributed by atoms with Crippen molar-refractivity contribution in [3.63, 3.8) is 0 Å². The first-order chi connectivity index (χ1) is 3.79. The highest BCUT2D eigenvalue weighted by Crippen LogP contribution is 1.96. The van der Waals surface area contributed by atoms with Crippen LogP contribution in [0.2, 0.25) is 0 Å². The normalized spacial score (nSPS) is 9.12. The number of halogens is 1. The molecule has 0 saturated heterocycles. The number of hydrogen-bond acceptors (Lipinski definition) is 2. The molecule has 0 radical (unpaired) electrons. The number of nitrogens with zero attached hydrogens (tertiary/aromatic N) is 2. The van der Waals surface area contributed by atoms with Gasteiger partial charge in [-0.15, -0.1) is 0 Å². The van der Waals surface area contributed by atoms with Crippen LogP contribution >= 0.6 is 15.9 Å². The summed E-state index contributed by atoms with van der Waals surface area (Å²) < 4.78 is 1.23. The second-order valence-electron chi connectivity index (χ2n) is 1.24. The van der Waals surface area contributed by atoms with Crippen molar-refractivity contribution in [2.45, 2.75) is 0 Å². The van der Waals surface area contributed by atoms with Crippen molar-refractivity contribution in [3.05, 3.63) is 28.4 Å². The highest BCUT2D eigenvalue weighted by Gasteiger charge is 1.88. The van der Waals surface area contributed by atoms with E-state index in [-0.39, 0.29) is 0 Å². The van der Waals surface area contributed by atoms with Crippen LogP contribution in [0.1, 0.15) is 0 Å². The first-order valence-corrected chi connectivity index (χ1v) is 2.78. The molecule has 8 heavy (non-hydrogen) atoms. The van der Waals surface area contributed by atoms with Crippen molar-refractivity contribution in [1.29, 1.82) is 0 Å². The summed E-state index contributed by atoms with van der Waals surface area (Å²) in [6, 6.07) is 0. The van der Waals surface area contributed by atoms with Crippen LogP contribution in [0.15, 0.2) is 23.2 Å². The molecule has 0 aromatic carbocycles. The molecule has 0 unspecified atom stereocenters. The first kappa shape index (κ1) is 5.50. The Morgan fingerprint density at radius 1 is 1.75 bits per heavy atom. The molecule has 0 aliphatic heterocycles. The summed E-state index contributed by atoms with van der Waals surface area (Å²) in [4.78, 5) is 3.74. The van der Waals surface area contributed by atoms with Crippen molar-refractivity contribution in [3.8, 4) is 0 Å². The van der Waals surface area contributed by atoms with Gasteiger partial charge >= 0.3 is 0 Å². The minimum atomic E-state index is 0.551. The summed E-state index contributed by atoms with van der Waals surface area (Å²) in [7, 11) is 0. The van der Waals surface area contributed by atoms with Gasteiger partial charge in [-0.05, 0) is 15.9 Å². The lowest BCUT2D eigenvalue weighted by Gasteiger charge is -1.90. The minimum absolute atomic E-state index is 0.551. The molecule has 3 nitrogen and oxygen atoms in total. The van der Waals surface area contributed by atoms with E-state index < -0.39 is 0 Å². The van der Waals surface area contributed by atoms with Crippen molar-refractivity contribution < 1.29 is 4.73 Å². The first-order valence-electron chi connectivity index (χ1n) is 1.99. The van der Waals surface area contributed by atoms with Crippen molar-refractivity contribution in [2.24, 2.45) is 0 Å². The molecule has 0 spiro atoms.